The highest BCUT2D eigenvalue weighted by Gasteiger charge is 2.31. The molecule has 1 unspecified atom stereocenters. The molecule has 0 aromatic heterocycles. The highest BCUT2D eigenvalue weighted by molar-refractivity contribution is 5.68. The SMILES string of the molecule is CC(C)(C)OC(=O)N1CCCC1CCNCC1CCCC1. The Bertz CT molecular complexity index is 332. The Kier molecular flexibility index (Phi) is 5.91. The maximum Gasteiger partial charge on any atom is 0.410 e. The Labute approximate surface area is 129 Å². The molecule has 4 nitrogen and oxygen atoms in total. The second-order valence-electron chi connectivity index (χ2n) is 7.61. The Hall–Kier alpha value is -0.770. The van der Waals surface area contributed by atoms with E-state index in [1.807, 2.05) is 25.7 Å². The van der Waals surface area contributed by atoms with Gasteiger partial charge < -0.3 is 15.0 Å². The smallest absolute Gasteiger partial charge is 0.410 e. The van der Waals surface area contributed by atoms with Crippen LogP contribution in [0.3, 0.4) is 0 Å². The van der Waals surface area contributed by atoms with E-state index in [0.29, 0.717) is 6.04 Å². The molecule has 1 saturated heterocycles. The van der Waals surface area contributed by atoms with Crippen LogP contribution in [-0.2, 0) is 4.74 Å². The summed E-state index contributed by atoms with van der Waals surface area (Å²) in [5.41, 5.74) is -0.398. The van der Waals surface area contributed by atoms with Gasteiger partial charge in [0.2, 0.25) is 0 Å². The molecule has 0 radical (unpaired) electrons. The average Bonchev–Trinajstić information content (AvgIpc) is 3.04. The molecule has 1 heterocycles. The van der Waals surface area contributed by atoms with Crippen LogP contribution in [0.25, 0.3) is 0 Å². The summed E-state index contributed by atoms with van der Waals surface area (Å²) in [6.07, 6.45) is 8.72. The fourth-order valence-corrected chi connectivity index (χ4v) is 3.49. The monoisotopic (exact) mass is 296 g/mol. The first kappa shape index (κ1) is 16.6. The van der Waals surface area contributed by atoms with Gasteiger partial charge in [-0.3, -0.25) is 0 Å². The summed E-state index contributed by atoms with van der Waals surface area (Å²) >= 11 is 0. The predicted octanol–water partition coefficient (Wildman–Crippen LogP) is 3.56. The number of nitrogens with zero attached hydrogens (tertiary/aromatic N) is 1. The number of carbonyl (C=O) groups is 1. The average molecular weight is 296 g/mol. The van der Waals surface area contributed by atoms with Gasteiger partial charge in [-0.15, -0.1) is 0 Å². The minimum absolute atomic E-state index is 0.138. The maximum atomic E-state index is 12.2. The number of rotatable bonds is 5. The van der Waals surface area contributed by atoms with Gasteiger partial charge in [0.05, 0.1) is 0 Å². The van der Waals surface area contributed by atoms with Crippen molar-refractivity contribution < 1.29 is 9.53 Å². The van der Waals surface area contributed by atoms with Gasteiger partial charge in [-0.25, -0.2) is 4.79 Å². The number of nitrogens with one attached hydrogen (secondary N) is 1. The molecule has 2 fully saturated rings. The van der Waals surface area contributed by atoms with E-state index in [2.05, 4.69) is 5.32 Å². The molecule has 122 valence electrons. The molecule has 1 aliphatic carbocycles. The lowest BCUT2D eigenvalue weighted by atomic mass is 10.1. The lowest BCUT2D eigenvalue weighted by Crippen LogP contribution is -2.41. The van der Waals surface area contributed by atoms with E-state index in [0.717, 1.165) is 44.8 Å². The van der Waals surface area contributed by atoms with Crippen molar-refractivity contribution in [2.45, 2.75) is 77.4 Å². The zero-order valence-corrected chi connectivity index (χ0v) is 14.0. The molecule has 21 heavy (non-hydrogen) atoms. The van der Waals surface area contributed by atoms with Crippen LogP contribution >= 0.6 is 0 Å². The lowest BCUT2D eigenvalue weighted by Gasteiger charge is -2.28. The summed E-state index contributed by atoms with van der Waals surface area (Å²) in [5.74, 6) is 0.885. The third-order valence-electron chi connectivity index (χ3n) is 4.57. The van der Waals surface area contributed by atoms with Crippen LogP contribution < -0.4 is 5.32 Å². The Morgan fingerprint density at radius 3 is 2.57 bits per heavy atom. The van der Waals surface area contributed by atoms with Crippen LogP contribution in [0.1, 0.15) is 65.7 Å². The third kappa shape index (κ3) is 5.50. The van der Waals surface area contributed by atoms with E-state index in [4.69, 9.17) is 4.74 Å². The van der Waals surface area contributed by atoms with Crippen molar-refractivity contribution >= 4 is 6.09 Å². The van der Waals surface area contributed by atoms with E-state index in [-0.39, 0.29) is 6.09 Å². The molecule has 1 saturated carbocycles. The Balaban J connectivity index is 1.67. The fourth-order valence-electron chi connectivity index (χ4n) is 3.49. The Morgan fingerprint density at radius 1 is 1.19 bits per heavy atom. The highest BCUT2D eigenvalue weighted by atomic mass is 16.6. The van der Waals surface area contributed by atoms with Crippen molar-refractivity contribution in [3.8, 4) is 0 Å². The predicted molar refractivity (Wildman–Crippen MR) is 85.4 cm³/mol. The normalized spacial score (nSPS) is 23.8. The number of amides is 1. The largest absolute Gasteiger partial charge is 0.444 e. The van der Waals surface area contributed by atoms with Crippen LogP contribution in [0.5, 0.6) is 0 Å². The fraction of sp³-hybridized carbons (Fsp3) is 0.941. The van der Waals surface area contributed by atoms with E-state index in [1.165, 1.54) is 25.7 Å². The summed E-state index contributed by atoms with van der Waals surface area (Å²) in [6.45, 7) is 8.80. The van der Waals surface area contributed by atoms with Crippen LogP contribution in [0.4, 0.5) is 4.79 Å². The molecule has 0 spiro atoms. The standard InChI is InChI=1S/C17H32N2O2/c1-17(2,3)21-16(20)19-12-6-9-15(19)10-11-18-13-14-7-4-5-8-14/h14-15,18H,4-13H2,1-3H3. The van der Waals surface area contributed by atoms with Gasteiger partial charge in [0, 0.05) is 12.6 Å². The van der Waals surface area contributed by atoms with Gasteiger partial charge in [-0.05, 0) is 71.9 Å². The molecule has 1 amide bonds. The van der Waals surface area contributed by atoms with E-state index < -0.39 is 5.60 Å². The topological polar surface area (TPSA) is 41.6 Å². The summed E-state index contributed by atoms with van der Waals surface area (Å²) in [7, 11) is 0. The summed E-state index contributed by atoms with van der Waals surface area (Å²) < 4.78 is 5.51. The first-order valence-corrected chi connectivity index (χ1v) is 8.66. The van der Waals surface area contributed by atoms with Gasteiger partial charge in [0.1, 0.15) is 5.60 Å². The maximum absolute atomic E-state index is 12.2. The van der Waals surface area contributed by atoms with Gasteiger partial charge in [-0.2, -0.15) is 0 Å². The van der Waals surface area contributed by atoms with E-state index in [1.54, 1.807) is 0 Å². The summed E-state index contributed by atoms with van der Waals surface area (Å²) in [5, 5.41) is 3.58. The van der Waals surface area contributed by atoms with Gasteiger partial charge >= 0.3 is 6.09 Å². The summed E-state index contributed by atoms with van der Waals surface area (Å²) in [6, 6.07) is 0.357. The van der Waals surface area contributed by atoms with Crippen molar-refractivity contribution in [3.63, 3.8) is 0 Å². The Morgan fingerprint density at radius 2 is 1.90 bits per heavy atom. The molecule has 2 aliphatic rings. The van der Waals surface area contributed by atoms with Crippen LogP contribution in [0.2, 0.25) is 0 Å². The minimum atomic E-state index is -0.398. The number of likely N-dealkylation sites (tertiary alicyclic amines) is 1. The number of hydrogen-bond acceptors (Lipinski definition) is 3. The van der Waals surface area contributed by atoms with Crippen molar-refractivity contribution in [3.05, 3.63) is 0 Å². The van der Waals surface area contributed by atoms with Crippen LogP contribution in [0, 0.1) is 5.92 Å². The first-order valence-electron chi connectivity index (χ1n) is 8.66. The molecule has 1 aliphatic heterocycles. The molecule has 1 N–H and O–H groups in total. The molecule has 4 heteroatoms. The number of ether oxygens (including phenoxy) is 1. The van der Waals surface area contributed by atoms with Gasteiger partial charge in [-0.1, -0.05) is 12.8 Å². The summed E-state index contributed by atoms with van der Waals surface area (Å²) in [4.78, 5) is 14.1. The molecule has 0 bridgehead atoms. The molecule has 0 aromatic rings. The molecule has 1 atom stereocenters. The van der Waals surface area contributed by atoms with E-state index >= 15 is 0 Å². The van der Waals surface area contributed by atoms with Crippen LogP contribution in [0.15, 0.2) is 0 Å². The van der Waals surface area contributed by atoms with Crippen molar-refractivity contribution in [2.75, 3.05) is 19.6 Å². The van der Waals surface area contributed by atoms with Gasteiger partial charge in [0.25, 0.3) is 0 Å². The lowest BCUT2D eigenvalue weighted by molar-refractivity contribution is 0.0220. The number of carbonyl (C=O) groups excluding carboxylic acids is 1. The van der Waals surface area contributed by atoms with Crippen molar-refractivity contribution in [1.82, 2.24) is 10.2 Å². The van der Waals surface area contributed by atoms with Crippen LogP contribution in [-0.4, -0.2) is 42.3 Å². The number of hydrogen-bond donors (Lipinski definition) is 1. The van der Waals surface area contributed by atoms with Gasteiger partial charge in [0.15, 0.2) is 0 Å². The molecular weight excluding hydrogens is 264 g/mol. The zero-order valence-electron chi connectivity index (χ0n) is 14.0. The quantitative estimate of drug-likeness (QED) is 0.789. The molecule has 0 aromatic carbocycles. The second-order valence-corrected chi connectivity index (χ2v) is 7.61. The van der Waals surface area contributed by atoms with Crippen molar-refractivity contribution in [1.29, 1.82) is 0 Å². The first-order chi connectivity index (χ1) is 9.96. The van der Waals surface area contributed by atoms with Crippen molar-refractivity contribution in [2.24, 2.45) is 5.92 Å². The second kappa shape index (κ2) is 7.48. The van der Waals surface area contributed by atoms with E-state index in [9.17, 15) is 4.79 Å². The highest BCUT2D eigenvalue weighted by Crippen LogP contribution is 2.24. The third-order valence-corrected chi connectivity index (χ3v) is 4.57. The molecular formula is C17H32N2O2. The minimum Gasteiger partial charge on any atom is -0.444 e. The molecule has 2 rings (SSSR count). The zero-order chi connectivity index (χ0) is 15.3.